The number of oxazole rings is 1. The van der Waals surface area contributed by atoms with E-state index in [2.05, 4.69) is 20.1 Å². The van der Waals surface area contributed by atoms with E-state index in [0.29, 0.717) is 31.1 Å². The second-order valence-corrected chi connectivity index (χ2v) is 6.95. The van der Waals surface area contributed by atoms with Crippen molar-refractivity contribution in [1.82, 2.24) is 20.1 Å². The number of methoxy groups -OCH3 is 1. The molecular formula is C19H23FN4O3. The lowest BCUT2D eigenvalue weighted by Crippen LogP contribution is -2.63. The Morgan fingerprint density at radius 1 is 1.37 bits per heavy atom. The number of piperazine rings is 2. The number of rotatable bonds is 4. The van der Waals surface area contributed by atoms with Crippen LogP contribution in [0, 0.1) is 12.7 Å². The number of benzene rings is 1. The number of carbonyl (C=O) groups is 1. The topological polar surface area (TPSA) is 70.8 Å². The quantitative estimate of drug-likeness (QED) is 0.873. The number of nitrogens with zero attached hydrogens (tertiary/aromatic N) is 3. The van der Waals surface area contributed by atoms with E-state index in [0.717, 1.165) is 25.3 Å². The molecule has 2 fully saturated rings. The fourth-order valence-electron chi connectivity index (χ4n) is 3.67. The van der Waals surface area contributed by atoms with Gasteiger partial charge in [0, 0.05) is 39.3 Å². The first kappa shape index (κ1) is 17.9. The van der Waals surface area contributed by atoms with Gasteiger partial charge in [0.05, 0.1) is 18.4 Å². The van der Waals surface area contributed by atoms with Crippen molar-refractivity contribution in [1.29, 1.82) is 0 Å². The third-order valence-electron chi connectivity index (χ3n) is 5.25. The van der Waals surface area contributed by atoms with Gasteiger partial charge in [-0.15, -0.1) is 0 Å². The summed E-state index contributed by atoms with van der Waals surface area (Å²) in [6, 6.07) is 4.36. The summed E-state index contributed by atoms with van der Waals surface area (Å²) in [5.74, 6) is 1.12. The molecule has 144 valence electrons. The van der Waals surface area contributed by atoms with Crippen LogP contribution < -0.4 is 10.1 Å². The molecule has 0 bridgehead atoms. The van der Waals surface area contributed by atoms with Crippen molar-refractivity contribution in [3.05, 3.63) is 35.5 Å². The number of aromatic nitrogens is 1. The predicted octanol–water partition coefficient (Wildman–Crippen LogP) is 1.41. The summed E-state index contributed by atoms with van der Waals surface area (Å²) in [5, 5.41) is 2.92. The minimum Gasteiger partial charge on any atom is -0.497 e. The zero-order valence-corrected chi connectivity index (χ0v) is 15.5. The van der Waals surface area contributed by atoms with Gasteiger partial charge in [0.15, 0.2) is 0 Å². The molecule has 2 saturated heterocycles. The number of amides is 1. The van der Waals surface area contributed by atoms with Crippen molar-refractivity contribution >= 4 is 5.91 Å². The van der Waals surface area contributed by atoms with E-state index >= 15 is 0 Å². The Morgan fingerprint density at radius 2 is 2.22 bits per heavy atom. The average molecular weight is 374 g/mol. The normalized spacial score (nSPS) is 21.0. The van der Waals surface area contributed by atoms with E-state index in [-0.39, 0.29) is 23.4 Å². The number of nitrogens with one attached hydrogen (secondary N) is 1. The predicted molar refractivity (Wildman–Crippen MR) is 96.8 cm³/mol. The standard InChI is InChI=1S/C19H23FN4O3/c1-12-16(10-23-7-8-24-6-5-21-18(25)17(24)11-23)22-19(27-12)14-9-13(26-2)3-4-15(14)20/h3-4,9,17H,5-8,10-11H2,1-2H3,(H,21,25)/t17-/m0/s1. The summed E-state index contributed by atoms with van der Waals surface area (Å²) in [6.07, 6.45) is 0. The van der Waals surface area contributed by atoms with E-state index in [1.807, 2.05) is 6.92 Å². The van der Waals surface area contributed by atoms with Crippen LogP contribution in [0.5, 0.6) is 5.75 Å². The molecule has 2 aromatic rings. The van der Waals surface area contributed by atoms with E-state index < -0.39 is 5.82 Å². The number of hydrogen-bond donors (Lipinski definition) is 1. The van der Waals surface area contributed by atoms with Crippen LogP contribution >= 0.6 is 0 Å². The molecule has 0 aliphatic carbocycles. The molecule has 7 nitrogen and oxygen atoms in total. The zero-order chi connectivity index (χ0) is 19.0. The molecule has 1 atom stereocenters. The number of halogens is 1. The molecule has 0 saturated carbocycles. The van der Waals surface area contributed by atoms with Gasteiger partial charge >= 0.3 is 0 Å². The maximum absolute atomic E-state index is 14.2. The Balaban J connectivity index is 1.52. The van der Waals surface area contributed by atoms with Crippen molar-refractivity contribution in [2.24, 2.45) is 0 Å². The number of carbonyl (C=O) groups excluding carboxylic acids is 1. The van der Waals surface area contributed by atoms with Crippen molar-refractivity contribution < 1.29 is 18.3 Å². The Bertz CT molecular complexity index is 853. The molecular weight excluding hydrogens is 351 g/mol. The lowest BCUT2D eigenvalue weighted by atomic mass is 10.1. The first-order chi connectivity index (χ1) is 13.0. The molecule has 27 heavy (non-hydrogen) atoms. The van der Waals surface area contributed by atoms with Crippen molar-refractivity contribution in [3.63, 3.8) is 0 Å². The highest BCUT2D eigenvalue weighted by Crippen LogP contribution is 2.28. The molecule has 0 unspecified atom stereocenters. The van der Waals surface area contributed by atoms with Crippen LogP contribution in [0.15, 0.2) is 22.6 Å². The first-order valence-corrected chi connectivity index (χ1v) is 9.09. The van der Waals surface area contributed by atoms with E-state index in [1.165, 1.54) is 13.2 Å². The Labute approximate surface area is 157 Å². The summed E-state index contributed by atoms with van der Waals surface area (Å²) in [7, 11) is 1.53. The van der Waals surface area contributed by atoms with Crippen LogP contribution in [0.2, 0.25) is 0 Å². The van der Waals surface area contributed by atoms with Crippen molar-refractivity contribution in [2.75, 3.05) is 39.8 Å². The van der Waals surface area contributed by atoms with Crippen LogP contribution in [0.3, 0.4) is 0 Å². The minimum atomic E-state index is -0.406. The van der Waals surface area contributed by atoms with Crippen molar-refractivity contribution in [3.8, 4) is 17.2 Å². The fraction of sp³-hybridized carbons (Fsp3) is 0.474. The highest BCUT2D eigenvalue weighted by atomic mass is 19.1. The molecule has 0 radical (unpaired) electrons. The summed E-state index contributed by atoms with van der Waals surface area (Å²) in [6.45, 7) is 6.37. The highest BCUT2D eigenvalue weighted by Gasteiger charge is 2.35. The third-order valence-corrected chi connectivity index (χ3v) is 5.25. The van der Waals surface area contributed by atoms with Gasteiger partial charge in [-0.2, -0.15) is 0 Å². The molecule has 4 rings (SSSR count). The average Bonchev–Trinajstić information content (AvgIpc) is 3.03. The first-order valence-electron chi connectivity index (χ1n) is 9.09. The number of ether oxygens (including phenoxy) is 1. The van der Waals surface area contributed by atoms with Crippen LogP contribution in [0.1, 0.15) is 11.5 Å². The highest BCUT2D eigenvalue weighted by molar-refractivity contribution is 5.82. The fourth-order valence-corrected chi connectivity index (χ4v) is 3.67. The van der Waals surface area contributed by atoms with E-state index in [1.54, 1.807) is 12.1 Å². The van der Waals surface area contributed by atoms with Gasteiger partial charge in [-0.3, -0.25) is 14.6 Å². The number of hydrogen-bond acceptors (Lipinski definition) is 6. The molecule has 8 heteroatoms. The monoisotopic (exact) mass is 374 g/mol. The second kappa shape index (κ2) is 7.28. The van der Waals surface area contributed by atoms with Crippen LogP contribution in [-0.4, -0.2) is 66.6 Å². The largest absolute Gasteiger partial charge is 0.497 e. The summed E-state index contributed by atoms with van der Waals surface area (Å²) < 4.78 is 25.1. The molecule has 0 spiro atoms. The van der Waals surface area contributed by atoms with E-state index in [9.17, 15) is 9.18 Å². The van der Waals surface area contributed by atoms with Crippen LogP contribution in [0.25, 0.3) is 11.5 Å². The van der Waals surface area contributed by atoms with Gasteiger partial charge in [0.25, 0.3) is 0 Å². The lowest BCUT2D eigenvalue weighted by Gasteiger charge is -2.42. The smallest absolute Gasteiger partial charge is 0.238 e. The molecule has 2 aliphatic heterocycles. The summed E-state index contributed by atoms with van der Waals surface area (Å²) in [5.41, 5.74) is 1.04. The Kier molecular flexibility index (Phi) is 4.84. The van der Waals surface area contributed by atoms with Gasteiger partial charge in [-0.1, -0.05) is 0 Å². The van der Waals surface area contributed by atoms with Crippen molar-refractivity contribution in [2.45, 2.75) is 19.5 Å². The van der Waals surface area contributed by atoms with Crippen LogP contribution in [-0.2, 0) is 11.3 Å². The van der Waals surface area contributed by atoms with Gasteiger partial charge in [0.2, 0.25) is 11.8 Å². The minimum absolute atomic E-state index is 0.0852. The maximum atomic E-state index is 14.2. The van der Waals surface area contributed by atoms with Gasteiger partial charge in [0.1, 0.15) is 23.4 Å². The van der Waals surface area contributed by atoms with Gasteiger partial charge in [-0.05, 0) is 25.1 Å². The Morgan fingerprint density at radius 3 is 3.04 bits per heavy atom. The molecule has 1 amide bonds. The Hall–Kier alpha value is -2.45. The molecule has 3 heterocycles. The molecule has 1 N–H and O–H groups in total. The second-order valence-electron chi connectivity index (χ2n) is 6.95. The zero-order valence-electron chi connectivity index (χ0n) is 15.5. The summed E-state index contributed by atoms with van der Waals surface area (Å²) >= 11 is 0. The van der Waals surface area contributed by atoms with Gasteiger partial charge in [-0.25, -0.2) is 9.37 Å². The molecule has 1 aromatic carbocycles. The number of fused-ring (bicyclic) bond motifs is 1. The number of aryl methyl sites for hydroxylation is 1. The maximum Gasteiger partial charge on any atom is 0.238 e. The van der Waals surface area contributed by atoms with E-state index in [4.69, 9.17) is 9.15 Å². The lowest BCUT2D eigenvalue weighted by molar-refractivity contribution is -0.132. The third kappa shape index (κ3) is 3.54. The molecule has 1 aromatic heterocycles. The summed E-state index contributed by atoms with van der Waals surface area (Å²) in [4.78, 5) is 21.1. The van der Waals surface area contributed by atoms with Crippen LogP contribution in [0.4, 0.5) is 4.39 Å². The SMILES string of the molecule is COc1ccc(F)c(-c2nc(CN3CCN4CCNC(=O)[C@@H]4C3)c(C)o2)c1. The molecule has 2 aliphatic rings. The van der Waals surface area contributed by atoms with Gasteiger partial charge < -0.3 is 14.5 Å².